The van der Waals surface area contributed by atoms with Gasteiger partial charge in [-0.1, -0.05) is 35.3 Å². The highest BCUT2D eigenvalue weighted by Crippen LogP contribution is 2.35. The molecule has 2 aromatic carbocycles. The zero-order valence-corrected chi connectivity index (χ0v) is 20.9. The van der Waals surface area contributed by atoms with Crippen molar-refractivity contribution >= 4 is 29.1 Å². The molecule has 0 aliphatic carbocycles. The molecule has 0 radical (unpaired) electrons. The Morgan fingerprint density at radius 1 is 1.11 bits per heavy atom. The van der Waals surface area contributed by atoms with E-state index in [9.17, 15) is 22.4 Å². The van der Waals surface area contributed by atoms with Crippen LogP contribution in [0, 0.1) is 5.82 Å². The number of hydrogen-bond donors (Lipinski definition) is 2. The smallest absolute Gasteiger partial charge is 0.339 e. The predicted octanol–water partition coefficient (Wildman–Crippen LogP) is 4.39. The van der Waals surface area contributed by atoms with Crippen LogP contribution < -0.4 is 10.6 Å². The van der Waals surface area contributed by atoms with Gasteiger partial charge < -0.3 is 15.5 Å². The molecular formula is C24H28Cl2F4N4O. The third kappa shape index (κ3) is 7.07. The van der Waals surface area contributed by atoms with Gasteiger partial charge in [-0.25, -0.2) is 4.39 Å². The van der Waals surface area contributed by atoms with E-state index >= 15 is 0 Å². The molecule has 1 aliphatic rings. The molecule has 0 spiro atoms. The van der Waals surface area contributed by atoms with Crippen molar-refractivity contribution in [2.75, 3.05) is 46.8 Å². The first-order chi connectivity index (χ1) is 16.5. The zero-order valence-electron chi connectivity index (χ0n) is 19.4. The first-order valence-corrected chi connectivity index (χ1v) is 11.9. The Bertz CT molecular complexity index is 1040. The fraction of sp³-hybridized carbons (Fsp3) is 0.458. The number of rotatable bonds is 9. The largest absolute Gasteiger partial charge is 0.419 e. The lowest BCUT2D eigenvalue weighted by Gasteiger charge is -2.29. The molecule has 1 saturated heterocycles. The Kier molecular flexibility index (Phi) is 9.40. The molecule has 0 saturated carbocycles. The second-order valence-corrected chi connectivity index (χ2v) is 9.47. The van der Waals surface area contributed by atoms with Crippen molar-refractivity contribution in [3.63, 3.8) is 0 Å². The number of nitrogens with one attached hydrogen (secondary N) is 2. The van der Waals surface area contributed by atoms with Crippen molar-refractivity contribution in [1.29, 1.82) is 0 Å². The van der Waals surface area contributed by atoms with E-state index in [-0.39, 0.29) is 31.0 Å². The van der Waals surface area contributed by atoms with Crippen molar-refractivity contribution in [3.05, 3.63) is 69.0 Å². The standard InChI is InChI=1S/C24H28Cl2F4N4O/c1-31-7-8-32-11-23(35)34-13-17(16-4-6-19(25)20(26)10-16)22(14-34)33(2)12-15-3-5-18(21(27)9-15)24(28,29)30/h3-6,9-10,17,22,31-32H,7-8,11-14H2,1-2H3. The number of halogens is 6. The van der Waals surface area contributed by atoms with Gasteiger partial charge in [0.05, 0.1) is 22.2 Å². The van der Waals surface area contributed by atoms with Crippen LogP contribution in [-0.4, -0.2) is 68.6 Å². The number of carbonyl (C=O) groups excluding carboxylic acids is 1. The molecule has 5 nitrogen and oxygen atoms in total. The number of amides is 1. The van der Waals surface area contributed by atoms with Crippen LogP contribution in [0.4, 0.5) is 17.6 Å². The lowest BCUT2D eigenvalue weighted by Crippen LogP contribution is -2.41. The molecule has 35 heavy (non-hydrogen) atoms. The molecular weight excluding hydrogens is 507 g/mol. The SMILES string of the molecule is CNCCNCC(=O)N1CC(c2ccc(Cl)c(Cl)c2)C(N(C)Cc2ccc(C(F)(F)F)c(F)c2)C1. The molecule has 2 atom stereocenters. The first-order valence-electron chi connectivity index (χ1n) is 11.1. The number of likely N-dealkylation sites (N-methyl/N-ethyl adjacent to an activating group) is 2. The van der Waals surface area contributed by atoms with Gasteiger partial charge in [-0.15, -0.1) is 0 Å². The normalized spacial score (nSPS) is 18.5. The lowest BCUT2D eigenvalue weighted by atomic mass is 9.93. The molecule has 2 unspecified atom stereocenters. The summed E-state index contributed by atoms with van der Waals surface area (Å²) in [6, 6.07) is 8.11. The van der Waals surface area contributed by atoms with Crippen LogP contribution in [0.25, 0.3) is 0 Å². The molecule has 0 bridgehead atoms. The minimum atomic E-state index is -4.75. The lowest BCUT2D eigenvalue weighted by molar-refractivity contribution is -0.140. The summed E-state index contributed by atoms with van der Waals surface area (Å²) >= 11 is 12.3. The summed E-state index contributed by atoms with van der Waals surface area (Å²) in [5, 5.41) is 6.92. The summed E-state index contributed by atoms with van der Waals surface area (Å²) in [6.45, 7) is 2.64. The van der Waals surface area contributed by atoms with E-state index in [0.717, 1.165) is 24.2 Å². The fourth-order valence-corrected chi connectivity index (χ4v) is 4.63. The van der Waals surface area contributed by atoms with Gasteiger partial charge in [0.25, 0.3) is 0 Å². The summed E-state index contributed by atoms with van der Waals surface area (Å²) in [4.78, 5) is 16.5. The van der Waals surface area contributed by atoms with E-state index in [0.29, 0.717) is 35.2 Å². The van der Waals surface area contributed by atoms with Gasteiger partial charge >= 0.3 is 6.18 Å². The maximum atomic E-state index is 14.1. The second-order valence-electron chi connectivity index (χ2n) is 8.65. The molecule has 3 rings (SSSR count). The molecule has 1 heterocycles. The Balaban J connectivity index is 1.79. The first kappa shape index (κ1) is 27.7. The summed E-state index contributed by atoms with van der Waals surface area (Å²) in [5.41, 5.74) is 0.0127. The second kappa shape index (κ2) is 11.9. The minimum Gasteiger partial charge on any atom is -0.339 e. The number of nitrogens with zero attached hydrogens (tertiary/aromatic N) is 2. The molecule has 2 aromatic rings. The van der Waals surface area contributed by atoms with Gasteiger partial charge in [0.15, 0.2) is 0 Å². The monoisotopic (exact) mass is 534 g/mol. The van der Waals surface area contributed by atoms with Crippen LogP contribution in [0.2, 0.25) is 10.0 Å². The van der Waals surface area contributed by atoms with E-state index < -0.39 is 17.6 Å². The highest BCUT2D eigenvalue weighted by atomic mass is 35.5. The summed E-state index contributed by atoms with van der Waals surface area (Å²) in [5.74, 6) is -1.47. The van der Waals surface area contributed by atoms with Crippen LogP contribution in [0.1, 0.15) is 22.6 Å². The number of alkyl halides is 3. The van der Waals surface area contributed by atoms with Crippen molar-refractivity contribution < 1.29 is 22.4 Å². The Morgan fingerprint density at radius 3 is 2.49 bits per heavy atom. The van der Waals surface area contributed by atoms with Crippen molar-refractivity contribution in [2.45, 2.75) is 24.7 Å². The van der Waals surface area contributed by atoms with E-state index in [1.807, 2.05) is 25.1 Å². The maximum Gasteiger partial charge on any atom is 0.419 e. The highest BCUT2D eigenvalue weighted by molar-refractivity contribution is 6.42. The van der Waals surface area contributed by atoms with E-state index in [1.165, 1.54) is 6.07 Å². The summed E-state index contributed by atoms with van der Waals surface area (Å²) in [7, 11) is 3.64. The summed E-state index contributed by atoms with van der Waals surface area (Å²) in [6.07, 6.45) is -4.75. The Morgan fingerprint density at radius 2 is 1.86 bits per heavy atom. The van der Waals surface area contributed by atoms with Gasteiger partial charge in [-0.2, -0.15) is 13.2 Å². The predicted molar refractivity (Wildman–Crippen MR) is 129 cm³/mol. The third-order valence-corrected chi connectivity index (χ3v) is 6.92. The van der Waals surface area contributed by atoms with E-state index in [1.54, 1.807) is 17.0 Å². The highest BCUT2D eigenvalue weighted by Gasteiger charge is 2.39. The van der Waals surface area contributed by atoms with Gasteiger partial charge in [-0.05, 0) is 49.5 Å². The van der Waals surface area contributed by atoms with E-state index in [4.69, 9.17) is 23.2 Å². The zero-order chi connectivity index (χ0) is 25.8. The topological polar surface area (TPSA) is 47.6 Å². The van der Waals surface area contributed by atoms with Crippen molar-refractivity contribution in [3.8, 4) is 0 Å². The number of hydrogen-bond acceptors (Lipinski definition) is 4. The van der Waals surface area contributed by atoms with Gasteiger partial charge in [0, 0.05) is 44.7 Å². The van der Waals surface area contributed by atoms with Crippen LogP contribution >= 0.6 is 23.2 Å². The van der Waals surface area contributed by atoms with Gasteiger partial charge in [0.2, 0.25) is 5.91 Å². The molecule has 11 heteroatoms. The van der Waals surface area contributed by atoms with Gasteiger partial charge in [-0.3, -0.25) is 9.69 Å². The van der Waals surface area contributed by atoms with Crippen LogP contribution in [0.3, 0.4) is 0 Å². The number of carbonyl (C=O) groups is 1. The molecule has 1 aliphatic heterocycles. The number of benzene rings is 2. The molecule has 2 N–H and O–H groups in total. The van der Waals surface area contributed by atoms with Crippen LogP contribution in [0.15, 0.2) is 36.4 Å². The van der Waals surface area contributed by atoms with E-state index in [2.05, 4.69) is 10.6 Å². The van der Waals surface area contributed by atoms with Gasteiger partial charge in [0.1, 0.15) is 5.82 Å². The van der Waals surface area contributed by atoms with Crippen LogP contribution in [-0.2, 0) is 17.5 Å². The fourth-order valence-electron chi connectivity index (χ4n) is 4.32. The molecule has 0 aromatic heterocycles. The minimum absolute atomic E-state index is 0.0531. The van der Waals surface area contributed by atoms with Crippen molar-refractivity contribution in [2.24, 2.45) is 0 Å². The maximum absolute atomic E-state index is 14.1. The molecule has 192 valence electrons. The summed E-state index contributed by atoms with van der Waals surface area (Å²) < 4.78 is 52.9. The number of likely N-dealkylation sites (tertiary alicyclic amines) is 1. The molecule has 1 fully saturated rings. The van der Waals surface area contributed by atoms with Crippen molar-refractivity contribution in [1.82, 2.24) is 20.4 Å². The Labute approximate surface area is 212 Å². The average molecular weight is 535 g/mol. The van der Waals surface area contributed by atoms with Crippen LogP contribution in [0.5, 0.6) is 0 Å². The average Bonchev–Trinajstić information content (AvgIpc) is 3.23. The third-order valence-electron chi connectivity index (χ3n) is 6.18. The quantitative estimate of drug-likeness (QED) is 0.370. The molecule has 1 amide bonds. The Hall–Kier alpha value is -1.91.